The first-order valence-corrected chi connectivity index (χ1v) is 9.47. The van der Waals surface area contributed by atoms with Gasteiger partial charge in [0.1, 0.15) is 0 Å². The highest BCUT2D eigenvalue weighted by Crippen LogP contribution is 2.35. The molecule has 1 N–H and O–H groups in total. The van der Waals surface area contributed by atoms with Gasteiger partial charge >= 0.3 is 0 Å². The molecule has 0 radical (unpaired) electrons. The van der Waals surface area contributed by atoms with Crippen LogP contribution in [0.5, 0.6) is 11.5 Å². The van der Waals surface area contributed by atoms with Crippen molar-refractivity contribution in [2.24, 2.45) is 0 Å². The van der Waals surface area contributed by atoms with E-state index in [1.807, 2.05) is 30.3 Å². The molecule has 5 heteroatoms. The Morgan fingerprint density at radius 1 is 1.07 bits per heavy atom. The number of aryl methyl sites for hydroxylation is 1. The van der Waals surface area contributed by atoms with Gasteiger partial charge in [-0.25, -0.2) is 0 Å². The molecule has 4 rings (SSSR count). The number of methoxy groups -OCH3 is 2. The minimum Gasteiger partial charge on any atom is -0.493 e. The molecular formula is C22H26N2O3. The van der Waals surface area contributed by atoms with Crippen LogP contribution in [0, 0.1) is 0 Å². The molecule has 2 aromatic carbocycles. The maximum Gasteiger partial charge on any atom is 0.252 e. The lowest BCUT2D eigenvalue weighted by Gasteiger charge is -2.29. The third-order valence-electron chi connectivity index (χ3n) is 5.82. The number of hydrogen-bond donors (Lipinski definition) is 1. The molecule has 27 heavy (non-hydrogen) atoms. The zero-order valence-electron chi connectivity index (χ0n) is 16.0. The number of nitrogens with one attached hydrogen (secondary N) is 1. The Hall–Kier alpha value is -2.53. The van der Waals surface area contributed by atoms with Crippen molar-refractivity contribution in [1.82, 2.24) is 10.2 Å². The summed E-state index contributed by atoms with van der Waals surface area (Å²) in [5.74, 6) is 1.60. The van der Waals surface area contributed by atoms with Gasteiger partial charge in [-0.2, -0.15) is 0 Å². The zero-order valence-corrected chi connectivity index (χ0v) is 16.0. The molecule has 0 bridgehead atoms. The predicted molar refractivity (Wildman–Crippen MR) is 104 cm³/mol. The highest BCUT2D eigenvalue weighted by atomic mass is 16.5. The molecule has 0 saturated carbocycles. The number of likely N-dealkylation sites (tertiary alicyclic amines) is 1. The molecule has 1 fully saturated rings. The Labute approximate surface area is 160 Å². The SMILES string of the molecule is COc1cccc(CN2CC[C@]3(CCc4ccccc4C(=O)N3)C2)c1OC. The standard InChI is InChI=1S/C22H26N2O3/c1-26-19-9-5-7-17(20(19)27-2)14-24-13-12-22(15-24)11-10-16-6-3-4-8-18(16)21(25)23-22/h3-9H,10-15H2,1-2H3,(H,23,25)/t22-/m1/s1. The molecule has 1 spiro atoms. The molecule has 2 heterocycles. The molecule has 0 aromatic heterocycles. The summed E-state index contributed by atoms with van der Waals surface area (Å²) in [5.41, 5.74) is 2.93. The van der Waals surface area contributed by atoms with Gasteiger partial charge in [0.05, 0.1) is 19.8 Å². The summed E-state index contributed by atoms with van der Waals surface area (Å²) in [6.07, 6.45) is 2.88. The number of carbonyl (C=O) groups is 1. The maximum absolute atomic E-state index is 12.7. The second kappa shape index (κ2) is 7.24. The fourth-order valence-electron chi connectivity index (χ4n) is 4.42. The van der Waals surface area contributed by atoms with Crippen LogP contribution in [0.15, 0.2) is 42.5 Å². The first-order chi connectivity index (χ1) is 13.1. The Morgan fingerprint density at radius 2 is 1.93 bits per heavy atom. The van der Waals surface area contributed by atoms with E-state index in [0.717, 1.165) is 67.1 Å². The minimum absolute atomic E-state index is 0.0592. The number of nitrogens with zero attached hydrogens (tertiary/aromatic N) is 1. The van der Waals surface area contributed by atoms with Gasteiger partial charge in [0.25, 0.3) is 5.91 Å². The quantitative estimate of drug-likeness (QED) is 0.904. The lowest BCUT2D eigenvalue weighted by Crippen LogP contribution is -2.49. The van der Waals surface area contributed by atoms with E-state index in [0.29, 0.717) is 0 Å². The smallest absolute Gasteiger partial charge is 0.252 e. The highest BCUT2D eigenvalue weighted by molar-refractivity contribution is 5.96. The normalized spacial score (nSPS) is 22.2. The summed E-state index contributed by atoms with van der Waals surface area (Å²) >= 11 is 0. The molecule has 1 atom stereocenters. The molecule has 2 aliphatic heterocycles. The third-order valence-corrected chi connectivity index (χ3v) is 5.82. The molecule has 1 amide bonds. The topological polar surface area (TPSA) is 50.8 Å². The summed E-state index contributed by atoms with van der Waals surface area (Å²) < 4.78 is 11.0. The second-order valence-electron chi connectivity index (χ2n) is 7.50. The van der Waals surface area contributed by atoms with Gasteiger partial charge in [-0.05, 0) is 37.0 Å². The van der Waals surface area contributed by atoms with Gasteiger partial charge in [0, 0.05) is 30.8 Å². The summed E-state index contributed by atoms with van der Waals surface area (Å²) in [6, 6.07) is 13.9. The molecule has 2 aromatic rings. The molecule has 1 saturated heterocycles. The number of fused-ring (bicyclic) bond motifs is 1. The Balaban J connectivity index is 1.50. The van der Waals surface area contributed by atoms with Gasteiger partial charge in [-0.3, -0.25) is 9.69 Å². The maximum atomic E-state index is 12.7. The van der Waals surface area contributed by atoms with Gasteiger partial charge in [0.2, 0.25) is 0 Å². The molecular weight excluding hydrogens is 340 g/mol. The Bertz CT molecular complexity index is 851. The number of para-hydroxylation sites is 1. The van der Waals surface area contributed by atoms with Gasteiger partial charge in [-0.1, -0.05) is 30.3 Å². The highest BCUT2D eigenvalue weighted by Gasteiger charge is 2.41. The number of ether oxygens (including phenoxy) is 2. The van der Waals surface area contributed by atoms with E-state index in [-0.39, 0.29) is 11.4 Å². The monoisotopic (exact) mass is 366 g/mol. The molecule has 5 nitrogen and oxygen atoms in total. The van der Waals surface area contributed by atoms with E-state index in [2.05, 4.69) is 22.3 Å². The van der Waals surface area contributed by atoms with Crippen molar-refractivity contribution in [2.45, 2.75) is 31.3 Å². The van der Waals surface area contributed by atoms with E-state index < -0.39 is 0 Å². The van der Waals surface area contributed by atoms with Crippen LogP contribution >= 0.6 is 0 Å². The van der Waals surface area contributed by atoms with Crippen molar-refractivity contribution in [3.63, 3.8) is 0 Å². The van der Waals surface area contributed by atoms with Crippen molar-refractivity contribution < 1.29 is 14.3 Å². The lowest BCUT2D eigenvalue weighted by molar-refractivity contribution is 0.0902. The summed E-state index contributed by atoms with van der Waals surface area (Å²) in [6.45, 7) is 2.59. The van der Waals surface area contributed by atoms with Crippen LogP contribution in [0.2, 0.25) is 0 Å². The fraction of sp³-hybridized carbons (Fsp3) is 0.409. The van der Waals surface area contributed by atoms with Crippen LogP contribution in [0.3, 0.4) is 0 Å². The van der Waals surface area contributed by atoms with E-state index in [1.54, 1.807) is 14.2 Å². The average molecular weight is 366 g/mol. The van der Waals surface area contributed by atoms with Crippen molar-refractivity contribution in [2.75, 3.05) is 27.3 Å². The van der Waals surface area contributed by atoms with Gasteiger partial charge < -0.3 is 14.8 Å². The van der Waals surface area contributed by atoms with Crippen LogP contribution in [0.4, 0.5) is 0 Å². The van der Waals surface area contributed by atoms with E-state index in [4.69, 9.17) is 9.47 Å². The summed E-state index contributed by atoms with van der Waals surface area (Å²) in [7, 11) is 3.33. The van der Waals surface area contributed by atoms with Crippen molar-refractivity contribution in [1.29, 1.82) is 0 Å². The van der Waals surface area contributed by atoms with Crippen LogP contribution in [0.1, 0.15) is 34.3 Å². The van der Waals surface area contributed by atoms with E-state index in [1.165, 1.54) is 0 Å². The van der Waals surface area contributed by atoms with Gasteiger partial charge in [-0.15, -0.1) is 0 Å². The Kier molecular flexibility index (Phi) is 4.79. The summed E-state index contributed by atoms with van der Waals surface area (Å²) in [5, 5.41) is 3.34. The third kappa shape index (κ3) is 3.39. The first kappa shape index (κ1) is 17.9. The second-order valence-corrected chi connectivity index (χ2v) is 7.50. The van der Waals surface area contributed by atoms with Crippen LogP contribution in [-0.4, -0.2) is 43.7 Å². The molecule has 2 aliphatic rings. The number of amides is 1. The van der Waals surface area contributed by atoms with E-state index in [9.17, 15) is 4.79 Å². The molecule has 142 valence electrons. The van der Waals surface area contributed by atoms with Crippen molar-refractivity contribution >= 4 is 5.91 Å². The largest absolute Gasteiger partial charge is 0.493 e. The zero-order chi connectivity index (χ0) is 18.9. The minimum atomic E-state index is -0.151. The van der Waals surface area contributed by atoms with Crippen molar-refractivity contribution in [3.8, 4) is 11.5 Å². The molecule has 0 unspecified atom stereocenters. The summed E-state index contributed by atoms with van der Waals surface area (Å²) in [4.78, 5) is 15.1. The van der Waals surface area contributed by atoms with E-state index >= 15 is 0 Å². The van der Waals surface area contributed by atoms with Crippen LogP contribution in [-0.2, 0) is 13.0 Å². The Morgan fingerprint density at radius 3 is 2.74 bits per heavy atom. The van der Waals surface area contributed by atoms with Crippen LogP contribution < -0.4 is 14.8 Å². The lowest BCUT2D eigenvalue weighted by atomic mass is 9.91. The molecule has 0 aliphatic carbocycles. The van der Waals surface area contributed by atoms with Crippen molar-refractivity contribution in [3.05, 3.63) is 59.2 Å². The number of hydrogen-bond acceptors (Lipinski definition) is 4. The number of carbonyl (C=O) groups excluding carboxylic acids is 1. The number of benzene rings is 2. The van der Waals surface area contributed by atoms with Gasteiger partial charge in [0.15, 0.2) is 11.5 Å². The number of rotatable bonds is 4. The fourth-order valence-corrected chi connectivity index (χ4v) is 4.42. The predicted octanol–water partition coefficient (Wildman–Crippen LogP) is 3.02. The first-order valence-electron chi connectivity index (χ1n) is 9.47. The van der Waals surface area contributed by atoms with Crippen LogP contribution in [0.25, 0.3) is 0 Å². The average Bonchev–Trinajstić information content (AvgIpc) is 3.02.